The van der Waals surface area contributed by atoms with Gasteiger partial charge >= 0.3 is 0 Å². The minimum atomic E-state index is -1.08. The number of aromatic nitrogens is 1. The summed E-state index contributed by atoms with van der Waals surface area (Å²) < 4.78 is 5.42. The molecular weight excluding hydrogens is 324 g/mol. The molecule has 0 aliphatic carbocycles. The third-order valence-corrected chi connectivity index (χ3v) is 4.72. The van der Waals surface area contributed by atoms with Crippen LogP contribution in [0.5, 0.6) is 0 Å². The van der Waals surface area contributed by atoms with E-state index in [4.69, 9.17) is 4.42 Å². The van der Waals surface area contributed by atoms with Gasteiger partial charge in [0, 0.05) is 10.4 Å². The fraction of sp³-hybridized carbons (Fsp3) is 0.222. The quantitative estimate of drug-likeness (QED) is 0.722. The van der Waals surface area contributed by atoms with Crippen molar-refractivity contribution in [3.8, 4) is 11.5 Å². The van der Waals surface area contributed by atoms with Gasteiger partial charge in [-0.1, -0.05) is 24.3 Å². The lowest BCUT2D eigenvalue weighted by atomic mass is 10.1. The second kappa shape index (κ2) is 6.98. The maximum absolute atomic E-state index is 12.1. The summed E-state index contributed by atoms with van der Waals surface area (Å²) in [4.78, 5) is 17.2. The van der Waals surface area contributed by atoms with E-state index in [9.17, 15) is 9.90 Å². The summed E-state index contributed by atoms with van der Waals surface area (Å²) in [6.07, 6.45) is 1.59. The number of oxazole rings is 1. The minimum absolute atomic E-state index is 0.108. The molecule has 2 N–H and O–H groups in total. The number of carbonyl (C=O) groups is 1. The molecule has 1 aromatic carbocycles. The van der Waals surface area contributed by atoms with Gasteiger partial charge in [-0.15, -0.1) is 11.3 Å². The molecule has 0 saturated carbocycles. The summed E-state index contributed by atoms with van der Waals surface area (Å²) in [5.74, 6) is 0.281. The number of hydrogen-bond acceptors (Lipinski definition) is 5. The number of benzene rings is 1. The fourth-order valence-electron chi connectivity index (χ4n) is 2.27. The van der Waals surface area contributed by atoms with Crippen LogP contribution in [0.2, 0.25) is 0 Å². The van der Waals surface area contributed by atoms with E-state index >= 15 is 0 Å². The largest absolute Gasteiger partial charge is 0.444 e. The zero-order valence-electron chi connectivity index (χ0n) is 13.2. The SMILES string of the molecule is CC(O)(CNC(=O)Cc1coc(-c2ccccc2)n1)c1cccs1. The first kappa shape index (κ1) is 16.4. The lowest BCUT2D eigenvalue weighted by Crippen LogP contribution is -2.38. The second-order valence-electron chi connectivity index (χ2n) is 5.71. The van der Waals surface area contributed by atoms with Crippen LogP contribution in [0.4, 0.5) is 0 Å². The molecule has 6 heteroatoms. The summed E-state index contributed by atoms with van der Waals surface area (Å²) in [5, 5.41) is 15.0. The van der Waals surface area contributed by atoms with Crippen LogP contribution < -0.4 is 5.32 Å². The molecular formula is C18H18N2O3S. The monoisotopic (exact) mass is 342 g/mol. The molecule has 0 spiro atoms. The van der Waals surface area contributed by atoms with E-state index in [0.29, 0.717) is 11.6 Å². The highest BCUT2D eigenvalue weighted by Gasteiger charge is 2.25. The van der Waals surface area contributed by atoms with E-state index in [1.54, 1.807) is 6.92 Å². The van der Waals surface area contributed by atoms with Crippen LogP contribution in [0.3, 0.4) is 0 Å². The maximum atomic E-state index is 12.1. The van der Waals surface area contributed by atoms with Gasteiger partial charge in [-0.25, -0.2) is 4.98 Å². The Balaban J connectivity index is 1.57. The van der Waals surface area contributed by atoms with Crippen LogP contribution in [0.25, 0.3) is 11.5 Å². The van der Waals surface area contributed by atoms with Gasteiger partial charge in [0.05, 0.1) is 18.7 Å². The molecule has 124 valence electrons. The van der Waals surface area contributed by atoms with Crippen molar-refractivity contribution >= 4 is 17.2 Å². The number of thiophene rings is 1. The van der Waals surface area contributed by atoms with Gasteiger partial charge in [-0.3, -0.25) is 4.79 Å². The Morgan fingerprint density at radius 3 is 2.79 bits per heavy atom. The van der Waals surface area contributed by atoms with Crippen molar-refractivity contribution in [3.63, 3.8) is 0 Å². The molecule has 3 rings (SSSR count). The Morgan fingerprint density at radius 1 is 1.29 bits per heavy atom. The third-order valence-electron chi connectivity index (χ3n) is 3.60. The molecule has 5 nitrogen and oxygen atoms in total. The summed E-state index contributed by atoms with van der Waals surface area (Å²) in [6, 6.07) is 13.2. The lowest BCUT2D eigenvalue weighted by Gasteiger charge is -2.22. The predicted molar refractivity (Wildman–Crippen MR) is 92.5 cm³/mol. The number of aliphatic hydroxyl groups is 1. The van der Waals surface area contributed by atoms with Gasteiger partial charge in [0.25, 0.3) is 0 Å². The second-order valence-corrected chi connectivity index (χ2v) is 6.66. The molecule has 2 heterocycles. The van der Waals surface area contributed by atoms with Crippen LogP contribution in [-0.2, 0) is 16.8 Å². The van der Waals surface area contributed by atoms with Gasteiger partial charge in [0.2, 0.25) is 11.8 Å². The van der Waals surface area contributed by atoms with Crippen molar-refractivity contribution in [2.24, 2.45) is 0 Å². The van der Waals surface area contributed by atoms with Crippen LogP contribution in [-0.4, -0.2) is 22.5 Å². The number of rotatable bonds is 6. The highest BCUT2D eigenvalue weighted by atomic mass is 32.1. The summed E-state index contributed by atoms with van der Waals surface area (Å²) in [6.45, 7) is 1.83. The van der Waals surface area contributed by atoms with Crippen molar-refractivity contribution in [1.29, 1.82) is 0 Å². The predicted octanol–water partition coefficient (Wildman–Crippen LogP) is 2.97. The van der Waals surface area contributed by atoms with Crippen molar-refractivity contribution in [2.45, 2.75) is 18.9 Å². The van der Waals surface area contributed by atoms with Crippen LogP contribution in [0.15, 0.2) is 58.5 Å². The van der Waals surface area contributed by atoms with E-state index in [2.05, 4.69) is 10.3 Å². The van der Waals surface area contributed by atoms with Gasteiger partial charge < -0.3 is 14.8 Å². The molecule has 1 atom stereocenters. The number of amides is 1. The molecule has 24 heavy (non-hydrogen) atoms. The smallest absolute Gasteiger partial charge is 0.226 e. The Morgan fingerprint density at radius 2 is 2.08 bits per heavy atom. The number of nitrogens with one attached hydrogen (secondary N) is 1. The average Bonchev–Trinajstić information content (AvgIpc) is 3.26. The highest BCUT2D eigenvalue weighted by molar-refractivity contribution is 7.10. The topological polar surface area (TPSA) is 75.4 Å². The molecule has 3 aromatic rings. The molecule has 0 aliphatic rings. The number of nitrogens with zero attached hydrogens (tertiary/aromatic N) is 1. The van der Waals surface area contributed by atoms with E-state index < -0.39 is 5.60 Å². The highest BCUT2D eigenvalue weighted by Crippen LogP contribution is 2.24. The van der Waals surface area contributed by atoms with E-state index in [0.717, 1.165) is 10.4 Å². The molecule has 2 aromatic heterocycles. The van der Waals surface area contributed by atoms with Gasteiger partial charge in [-0.05, 0) is 30.5 Å². The summed E-state index contributed by atoms with van der Waals surface area (Å²) >= 11 is 1.46. The van der Waals surface area contributed by atoms with Crippen LogP contribution >= 0.6 is 11.3 Å². The van der Waals surface area contributed by atoms with Crippen LogP contribution in [0.1, 0.15) is 17.5 Å². The number of carbonyl (C=O) groups excluding carboxylic acids is 1. The Bertz CT molecular complexity index is 795. The first-order chi connectivity index (χ1) is 11.5. The summed E-state index contributed by atoms with van der Waals surface area (Å²) in [5.41, 5.74) is 0.343. The van der Waals surface area contributed by atoms with Crippen molar-refractivity contribution in [1.82, 2.24) is 10.3 Å². The van der Waals surface area contributed by atoms with Gasteiger partial charge in [0.1, 0.15) is 11.9 Å². The summed E-state index contributed by atoms with van der Waals surface area (Å²) in [7, 11) is 0. The zero-order valence-corrected chi connectivity index (χ0v) is 14.0. The van der Waals surface area contributed by atoms with E-state index in [-0.39, 0.29) is 18.9 Å². The van der Waals surface area contributed by atoms with Crippen molar-refractivity contribution in [2.75, 3.05) is 6.54 Å². The molecule has 0 fully saturated rings. The molecule has 1 unspecified atom stereocenters. The van der Waals surface area contributed by atoms with Crippen molar-refractivity contribution in [3.05, 3.63) is 64.7 Å². The third kappa shape index (κ3) is 3.90. The standard InChI is InChI=1S/C18H18N2O3S/c1-18(22,15-8-5-9-24-15)12-19-16(21)10-14-11-23-17(20-14)13-6-3-2-4-7-13/h2-9,11,22H,10,12H2,1H3,(H,19,21). The van der Waals surface area contributed by atoms with E-state index in [1.807, 2.05) is 47.8 Å². The van der Waals surface area contributed by atoms with E-state index in [1.165, 1.54) is 17.6 Å². The first-order valence-electron chi connectivity index (χ1n) is 7.57. The molecule has 0 bridgehead atoms. The minimum Gasteiger partial charge on any atom is -0.444 e. The van der Waals surface area contributed by atoms with Gasteiger partial charge in [-0.2, -0.15) is 0 Å². The average molecular weight is 342 g/mol. The Kier molecular flexibility index (Phi) is 4.78. The maximum Gasteiger partial charge on any atom is 0.226 e. The molecule has 0 aliphatic heterocycles. The Labute approximate surface area is 144 Å². The first-order valence-corrected chi connectivity index (χ1v) is 8.45. The van der Waals surface area contributed by atoms with Crippen molar-refractivity contribution < 1.29 is 14.3 Å². The molecule has 1 amide bonds. The number of hydrogen-bond donors (Lipinski definition) is 2. The molecule has 0 radical (unpaired) electrons. The molecule has 0 saturated heterocycles. The van der Waals surface area contributed by atoms with Crippen LogP contribution in [0, 0.1) is 0 Å². The Hall–Kier alpha value is -2.44. The van der Waals surface area contributed by atoms with Gasteiger partial charge in [0.15, 0.2) is 0 Å². The lowest BCUT2D eigenvalue weighted by molar-refractivity contribution is -0.121. The normalized spacial score (nSPS) is 13.4. The fourth-order valence-corrected chi connectivity index (χ4v) is 3.06. The zero-order chi connectivity index (χ0) is 17.0.